The Kier molecular flexibility index (Phi) is 7.47. The van der Waals surface area contributed by atoms with Gasteiger partial charge in [0, 0.05) is 39.9 Å². The summed E-state index contributed by atoms with van der Waals surface area (Å²) in [4.78, 5) is 28.0. The van der Waals surface area contributed by atoms with Crippen LogP contribution >= 0.6 is 0 Å². The minimum Gasteiger partial charge on any atom is -0.489 e. The number of fused-ring (bicyclic) bond motifs is 1. The second-order valence-electron chi connectivity index (χ2n) is 7.28. The minimum absolute atomic E-state index is 0.0102. The lowest BCUT2D eigenvalue weighted by Gasteiger charge is -2.35. The van der Waals surface area contributed by atoms with E-state index in [4.69, 9.17) is 9.47 Å². The van der Waals surface area contributed by atoms with Crippen LogP contribution in [-0.2, 0) is 9.53 Å². The van der Waals surface area contributed by atoms with Crippen molar-refractivity contribution in [3.63, 3.8) is 0 Å². The molecule has 0 aliphatic carbocycles. The lowest BCUT2D eigenvalue weighted by atomic mass is 10.1. The van der Waals surface area contributed by atoms with Crippen LogP contribution in [0.4, 0.5) is 5.69 Å². The zero-order valence-corrected chi connectivity index (χ0v) is 16.9. The van der Waals surface area contributed by atoms with E-state index in [0.717, 1.165) is 17.9 Å². The summed E-state index contributed by atoms with van der Waals surface area (Å²) in [6.07, 6.45) is 1.34. The molecule has 7 nitrogen and oxygen atoms in total. The van der Waals surface area contributed by atoms with Gasteiger partial charge in [-0.2, -0.15) is 0 Å². The van der Waals surface area contributed by atoms with E-state index in [1.807, 2.05) is 37.9 Å². The van der Waals surface area contributed by atoms with Crippen LogP contribution in [0, 0.1) is 0 Å². The fourth-order valence-corrected chi connectivity index (χ4v) is 2.90. The Balaban J connectivity index is 1.91. The summed E-state index contributed by atoms with van der Waals surface area (Å²) in [5, 5.41) is 2.93. The highest BCUT2D eigenvalue weighted by atomic mass is 16.5. The van der Waals surface area contributed by atoms with Crippen LogP contribution in [0.1, 0.15) is 37.0 Å². The molecule has 0 bridgehead atoms. The summed E-state index contributed by atoms with van der Waals surface area (Å²) >= 11 is 0. The molecule has 1 unspecified atom stereocenters. The van der Waals surface area contributed by atoms with E-state index in [1.54, 1.807) is 25.1 Å². The summed E-state index contributed by atoms with van der Waals surface area (Å²) in [5.74, 6) is 0.661. The van der Waals surface area contributed by atoms with Crippen LogP contribution < -0.4 is 15.0 Å². The SMILES string of the molecule is CC(C)OCCCNC(=O)CC1COc2ccc(C(=O)N(C)C)cc2N1C. The fourth-order valence-electron chi connectivity index (χ4n) is 2.90. The molecule has 1 N–H and O–H groups in total. The molecule has 0 saturated heterocycles. The van der Waals surface area contributed by atoms with Gasteiger partial charge in [0.2, 0.25) is 5.91 Å². The molecule has 1 aromatic carbocycles. The number of carbonyl (C=O) groups excluding carboxylic acids is 2. The number of hydrogen-bond donors (Lipinski definition) is 1. The zero-order valence-electron chi connectivity index (χ0n) is 16.9. The topological polar surface area (TPSA) is 71.1 Å². The van der Waals surface area contributed by atoms with Gasteiger partial charge in [0.15, 0.2) is 0 Å². The normalized spacial score (nSPS) is 15.9. The number of anilines is 1. The first-order chi connectivity index (χ1) is 12.8. The van der Waals surface area contributed by atoms with Crippen molar-refractivity contribution in [2.75, 3.05) is 45.8 Å². The van der Waals surface area contributed by atoms with E-state index >= 15 is 0 Å². The molecule has 1 atom stereocenters. The Morgan fingerprint density at radius 2 is 2.11 bits per heavy atom. The van der Waals surface area contributed by atoms with E-state index in [2.05, 4.69) is 5.32 Å². The first kappa shape index (κ1) is 21.0. The lowest BCUT2D eigenvalue weighted by molar-refractivity contribution is -0.121. The fraction of sp³-hybridized carbons (Fsp3) is 0.600. The molecular formula is C20H31N3O4. The molecule has 2 amide bonds. The van der Waals surface area contributed by atoms with Crippen LogP contribution in [0.15, 0.2) is 18.2 Å². The number of nitrogens with zero attached hydrogens (tertiary/aromatic N) is 2. The molecule has 7 heteroatoms. The standard InChI is InChI=1S/C20H31N3O4/c1-14(2)26-10-6-9-21-19(24)12-16-13-27-18-8-7-15(20(25)22(3)4)11-17(18)23(16)5/h7-8,11,14,16H,6,9-10,12-13H2,1-5H3,(H,21,24). The number of carbonyl (C=O) groups is 2. The lowest BCUT2D eigenvalue weighted by Crippen LogP contribution is -2.44. The van der Waals surface area contributed by atoms with Crippen LogP contribution in [0.5, 0.6) is 5.75 Å². The molecule has 27 heavy (non-hydrogen) atoms. The average molecular weight is 377 g/mol. The molecule has 1 aromatic rings. The first-order valence-corrected chi connectivity index (χ1v) is 9.39. The third-order valence-corrected chi connectivity index (χ3v) is 4.49. The molecule has 1 aliphatic rings. The largest absolute Gasteiger partial charge is 0.489 e. The molecule has 0 spiro atoms. The van der Waals surface area contributed by atoms with Crippen molar-refractivity contribution in [1.82, 2.24) is 10.2 Å². The highest BCUT2D eigenvalue weighted by Crippen LogP contribution is 2.34. The van der Waals surface area contributed by atoms with Crippen molar-refractivity contribution in [3.8, 4) is 5.75 Å². The predicted octanol–water partition coefficient (Wildman–Crippen LogP) is 1.91. The average Bonchev–Trinajstić information content (AvgIpc) is 2.62. The van der Waals surface area contributed by atoms with Crippen molar-refractivity contribution in [3.05, 3.63) is 23.8 Å². The molecule has 1 aliphatic heterocycles. The second kappa shape index (κ2) is 9.60. The van der Waals surface area contributed by atoms with Gasteiger partial charge in [0.1, 0.15) is 12.4 Å². The van der Waals surface area contributed by atoms with Gasteiger partial charge in [-0.05, 0) is 38.5 Å². The zero-order chi connectivity index (χ0) is 20.0. The maximum absolute atomic E-state index is 12.2. The van der Waals surface area contributed by atoms with E-state index in [1.165, 1.54) is 0 Å². The Labute approximate surface area is 161 Å². The van der Waals surface area contributed by atoms with Gasteiger partial charge in [-0.25, -0.2) is 0 Å². The molecule has 2 rings (SSSR count). The number of benzene rings is 1. The van der Waals surface area contributed by atoms with Crippen molar-refractivity contribution in [2.24, 2.45) is 0 Å². The van der Waals surface area contributed by atoms with Crippen LogP contribution in [0.25, 0.3) is 0 Å². The van der Waals surface area contributed by atoms with E-state index in [9.17, 15) is 9.59 Å². The molecule has 0 radical (unpaired) electrons. The molecule has 0 fully saturated rings. The summed E-state index contributed by atoms with van der Waals surface area (Å²) in [7, 11) is 5.38. The highest BCUT2D eigenvalue weighted by molar-refractivity contribution is 5.95. The molecular weight excluding hydrogens is 346 g/mol. The number of hydrogen-bond acceptors (Lipinski definition) is 5. The highest BCUT2D eigenvalue weighted by Gasteiger charge is 2.27. The van der Waals surface area contributed by atoms with E-state index in [-0.39, 0.29) is 24.0 Å². The van der Waals surface area contributed by atoms with Gasteiger partial charge in [0.05, 0.1) is 24.3 Å². The number of likely N-dealkylation sites (N-methyl/N-ethyl adjacent to an activating group) is 1. The van der Waals surface area contributed by atoms with Gasteiger partial charge in [-0.3, -0.25) is 9.59 Å². The molecule has 1 heterocycles. The van der Waals surface area contributed by atoms with Crippen LogP contribution in [0.2, 0.25) is 0 Å². The van der Waals surface area contributed by atoms with Crippen molar-refractivity contribution >= 4 is 17.5 Å². The van der Waals surface area contributed by atoms with E-state index in [0.29, 0.717) is 31.7 Å². The van der Waals surface area contributed by atoms with Crippen molar-refractivity contribution in [1.29, 1.82) is 0 Å². The Morgan fingerprint density at radius 1 is 1.37 bits per heavy atom. The third-order valence-electron chi connectivity index (χ3n) is 4.49. The Hall–Kier alpha value is -2.28. The molecule has 150 valence electrons. The maximum atomic E-state index is 12.2. The number of nitrogens with one attached hydrogen (secondary N) is 1. The van der Waals surface area contributed by atoms with Gasteiger partial charge in [-0.1, -0.05) is 0 Å². The van der Waals surface area contributed by atoms with Crippen molar-refractivity contribution in [2.45, 2.75) is 38.8 Å². The van der Waals surface area contributed by atoms with E-state index < -0.39 is 0 Å². The summed E-state index contributed by atoms with van der Waals surface area (Å²) in [6, 6.07) is 5.33. The number of rotatable bonds is 8. The Morgan fingerprint density at radius 3 is 2.78 bits per heavy atom. The van der Waals surface area contributed by atoms with Crippen LogP contribution in [0.3, 0.4) is 0 Å². The van der Waals surface area contributed by atoms with Gasteiger partial charge in [-0.15, -0.1) is 0 Å². The van der Waals surface area contributed by atoms with Gasteiger partial charge in [0.25, 0.3) is 5.91 Å². The van der Waals surface area contributed by atoms with Crippen molar-refractivity contribution < 1.29 is 19.1 Å². The second-order valence-corrected chi connectivity index (χ2v) is 7.28. The van der Waals surface area contributed by atoms with Gasteiger partial charge < -0.3 is 24.6 Å². The first-order valence-electron chi connectivity index (χ1n) is 9.39. The smallest absolute Gasteiger partial charge is 0.253 e. The summed E-state index contributed by atoms with van der Waals surface area (Å²) in [5.41, 5.74) is 1.43. The third kappa shape index (κ3) is 5.85. The van der Waals surface area contributed by atoms with Gasteiger partial charge >= 0.3 is 0 Å². The molecule has 0 aromatic heterocycles. The Bertz CT molecular complexity index is 661. The maximum Gasteiger partial charge on any atom is 0.253 e. The minimum atomic E-state index is -0.0749. The van der Waals surface area contributed by atoms with Crippen LogP contribution in [-0.4, -0.2) is 69.8 Å². The quantitative estimate of drug-likeness (QED) is 0.701. The monoisotopic (exact) mass is 377 g/mol. The predicted molar refractivity (Wildman–Crippen MR) is 105 cm³/mol. The summed E-state index contributed by atoms with van der Waals surface area (Å²) < 4.78 is 11.3. The summed E-state index contributed by atoms with van der Waals surface area (Å²) in [6.45, 7) is 5.66. The molecule has 0 saturated carbocycles. The number of amides is 2. The number of ether oxygens (including phenoxy) is 2.